The minimum Gasteiger partial charge on any atom is -0.492 e. The summed E-state index contributed by atoms with van der Waals surface area (Å²) in [4.78, 5) is 36.7. The van der Waals surface area contributed by atoms with E-state index in [1.807, 2.05) is 38.1 Å². The number of anilines is 2. The minimum absolute atomic E-state index is 0.129. The smallest absolute Gasteiger partial charge is 0.333 e. The maximum Gasteiger partial charge on any atom is 0.333 e. The van der Waals surface area contributed by atoms with Crippen LogP contribution < -0.4 is 21.3 Å². The summed E-state index contributed by atoms with van der Waals surface area (Å²) in [6.07, 6.45) is 2.97. The van der Waals surface area contributed by atoms with Crippen LogP contribution in [0.15, 0.2) is 52.7 Å². The van der Waals surface area contributed by atoms with Crippen LogP contribution in [0.3, 0.4) is 0 Å². The van der Waals surface area contributed by atoms with E-state index in [0.29, 0.717) is 18.2 Å². The van der Waals surface area contributed by atoms with Crippen LogP contribution in [0.25, 0.3) is 11.0 Å². The first-order valence-electron chi connectivity index (χ1n) is 11.2. The zero-order valence-corrected chi connectivity index (χ0v) is 19.7. The molecule has 0 aliphatic rings. The highest BCUT2D eigenvalue weighted by atomic mass is 16.5. The fraction of sp³-hybridized carbons (Fsp3) is 0.417. The SMILES string of the molecule is C=CCn1c(=O)c2cnc(Nc3ccc(OCCN(CC)CC)cc3)nc2n(C(C)C)c1=O. The van der Waals surface area contributed by atoms with E-state index in [4.69, 9.17) is 4.74 Å². The van der Waals surface area contributed by atoms with Gasteiger partial charge < -0.3 is 15.0 Å². The Morgan fingerprint density at radius 1 is 1.18 bits per heavy atom. The summed E-state index contributed by atoms with van der Waals surface area (Å²) in [6.45, 7) is 15.3. The zero-order valence-electron chi connectivity index (χ0n) is 19.7. The van der Waals surface area contributed by atoms with Crippen molar-refractivity contribution in [2.24, 2.45) is 0 Å². The van der Waals surface area contributed by atoms with Crippen LogP contribution >= 0.6 is 0 Å². The molecule has 0 unspecified atom stereocenters. The number of fused-ring (bicyclic) bond motifs is 1. The summed E-state index contributed by atoms with van der Waals surface area (Å²) in [7, 11) is 0. The highest BCUT2D eigenvalue weighted by Gasteiger charge is 2.17. The predicted octanol–water partition coefficient (Wildman–Crippen LogP) is 3.18. The molecule has 2 heterocycles. The summed E-state index contributed by atoms with van der Waals surface area (Å²) in [6, 6.07) is 7.32. The second-order valence-electron chi connectivity index (χ2n) is 7.91. The van der Waals surface area contributed by atoms with Crippen LogP contribution in [0.1, 0.15) is 33.7 Å². The molecule has 9 heteroatoms. The first-order valence-corrected chi connectivity index (χ1v) is 11.2. The van der Waals surface area contributed by atoms with Crippen molar-refractivity contribution in [3.8, 4) is 5.75 Å². The molecule has 1 N–H and O–H groups in total. The van der Waals surface area contributed by atoms with Gasteiger partial charge in [-0.1, -0.05) is 19.9 Å². The van der Waals surface area contributed by atoms with Crippen molar-refractivity contribution in [1.29, 1.82) is 0 Å². The van der Waals surface area contributed by atoms with Crippen molar-refractivity contribution < 1.29 is 4.74 Å². The van der Waals surface area contributed by atoms with Crippen LogP contribution in [0.2, 0.25) is 0 Å². The molecule has 176 valence electrons. The van der Waals surface area contributed by atoms with E-state index in [2.05, 4.69) is 40.6 Å². The number of nitrogens with one attached hydrogen (secondary N) is 1. The lowest BCUT2D eigenvalue weighted by Gasteiger charge is -2.18. The number of nitrogens with zero attached hydrogens (tertiary/aromatic N) is 5. The molecule has 1 aromatic carbocycles. The second-order valence-corrected chi connectivity index (χ2v) is 7.91. The lowest BCUT2D eigenvalue weighted by molar-refractivity contribution is 0.223. The Hall–Kier alpha value is -3.46. The van der Waals surface area contributed by atoms with Crippen molar-refractivity contribution in [2.75, 3.05) is 31.6 Å². The number of benzene rings is 1. The predicted molar refractivity (Wildman–Crippen MR) is 132 cm³/mol. The first kappa shape index (κ1) is 24.2. The van der Waals surface area contributed by atoms with E-state index in [1.54, 1.807) is 0 Å². The summed E-state index contributed by atoms with van der Waals surface area (Å²) >= 11 is 0. The fourth-order valence-corrected chi connectivity index (χ4v) is 3.57. The third kappa shape index (κ3) is 5.48. The van der Waals surface area contributed by atoms with E-state index in [-0.39, 0.29) is 18.0 Å². The standard InChI is InChI=1S/C24H32N6O3/c1-6-13-29-22(31)20-16-25-23(27-21(20)30(17(4)5)24(29)32)26-18-9-11-19(12-10-18)33-15-14-28(7-2)8-3/h6,9-12,16-17H,1,7-8,13-15H2,2-5H3,(H,25,26,27). The Bertz CT molecular complexity index is 1210. The lowest BCUT2D eigenvalue weighted by atomic mass is 10.3. The van der Waals surface area contributed by atoms with Gasteiger partial charge in [0.25, 0.3) is 5.56 Å². The third-order valence-corrected chi connectivity index (χ3v) is 5.42. The number of allylic oxidation sites excluding steroid dienone is 1. The number of aromatic nitrogens is 4. The van der Waals surface area contributed by atoms with Crippen LogP contribution in [0, 0.1) is 0 Å². The first-order chi connectivity index (χ1) is 15.9. The summed E-state index contributed by atoms with van der Waals surface area (Å²) in [5.41, 5.74) is 0.223. The zero-order chi connectivity index (χ0) is 24.0. The van der Waals surface area contributed by atoms with E-state index in [9.17, 15) is 9.59 Å². The quantitative estimate of drug-likeness (QED) is 0.447. The molecular formula is C24H32N6O3. The molecule has 0 bridgehead atoms. The van der Waals surface area contributed by atoms with Crippen LogP contribution in [-0.2, 0) is 6.54 Å². The van der Waals surface area contributed by atoms with Gasteiger partial charge in [0.05, 0.1) is 0 Å². The molecule has 0 aliphatic carbocycles. The van der Waals surface area contributed by atoms with Crippen LogP contribution in [0.5, 0.6) is 5.75 Å². The minimum atomic E-state index is -0.426. The number of rotatable bonds is 11. The van der Waals surface area contributed by atoms with Gasteiger partial charge in [-0.15, -0.1) is 6.58 Å². The second kappa shape index (κ2) is 10.9. The topological polar surface area (TPSA) is 94.3 Å². The van der Waals surface area contributed by atoms with Crippen molar-refractivity contribution in [3.05, 3.63) is 64.0 Å². The highest BCUT2D eigenvalue weighted by Crippen LogP contribution is 2.19. The van der Waals surface area contributed by atoms with Crippen molar-refractivity contribution >= 4 is 22.7 Å². The molecule has 0 fully saturated rings. The molecule has 33 heavy (non-hydrogen) atoms. The Kier molecular flexibility index (Phi) is 8.00. The van der Waals surface area contributed by atoms with Gasteiger partial charge in [-0.2, -0.15) is 4.98 Å². The van der Waals surface area contributed by atoms with Gasteiger partial charge in [0.2, 0.25) is 5.95 Å². The molecule has 0 saturated heterocycles. The number of ether oxygens (including phenoxy) is 1. The maximum atomic E-state index is 12.9. The van der Waals surface area contributed by atoms with Gasteiger partial charge in [0.15, 0.2) is 5.65 Å². The van der Waals surface area contributed by atoms with Crippen molar-refractivity contribution in [2.45, 2.75) is 40.3 Å². The fourth-order valence-electron chi connectivity index (χ4n) is 3.57. The molecule has 0 saturated carbocycles. The average Bonchev–Trinajstić information content (AvgIpc) is 2.80. The van der Waals surface area contributed by atoms with Crippen LogP contribution in [0.4, 0.5) is 11.6 Å². The number of hydrogen-bond donors (Lipinski definition) is 1. The van der Waals surface area contributed by atoms with Crippen molar-refractivity contribution in [1.82, 2.24) is 24.0 Å². The van der Waals surface area contributed by atoms with Gasteiger partial charge in [0.1, 0.15) is 17.7 Å². The average molecular weight is 453 g/mol. The number of hydrogen-bond acceptors (Lipinski definition) is 7. The molecule has 3 aromatic rings. The molecule has 3 rings (SSSR count). The molecule has 0 spiro atoms. The molecule has 0 radical (unpaired) electrons. The summed E-state index contributed by atoms with van der Waals surface area (Å²) < 4.78 is 8.46. The van der Waals surface area contributed by atoms with E-state index < -0.39 is 11.2 Å². The normalized spacial score (nSPS) is 11.3. The lowest BCUT2D eigenvalue weighted by Crippen LogP contribution is -2.40. The van der Waals surface area contributed by atoms with Gasteiger partial charge in [0, 0.05) is 31.0 Å². The molecule has 0 aliphatic heterocycles. The van der Waals surface area contributed by atoms with Crippen LogP contribution in [-0.4, -0.2) is 50.2 Å². The monoisotopic (exact) mass is 452 g/mol. The highest BCUT2D eigenvalue weighted by molar-refractivity contribution is 5.75. The van der Waals surface area contributed by atoms with Gasteiger partial charge >= 0.3 is 5.69 Å². The van der Waals surface area contributed by atoms with Gasteiger partial charge in [-0.05, 0) is 51.2 Å². The number of likely N-dealkylation sites (N-methyl/N-ethyl adjacent to an activating group) is 1. The van der Waals surface area contributed by atoms with E-state index in [1.165, 1.54) is 16.8 Å². The Morgan fingerprint density at radius 2 is 1.88 bits per heavy atom. The summed E-state index contributed by atoms with van der Waals surface area (Å²) in [5, 5.41) is 3.42. The molecular weight excluding hydrogens is 420 g/mol. The Morgan fingerprint density at radius 3 is 2.48 bits per heavy atom. The van der Waals surface area contributed by atoms with Gasteiger partial charge in [-0.3, -0.25) is 13.9 Å². The Balaban J connectivity index is 1.83. The van der Waals surface area contributed by atoms with Crippen molar-refractivity contribution in [3.63, 3.8) is 0 Å². The maximum absolute atomic E-state index is 12.9. The van der Waals surface area contributed by atoms with E-state index in [0.717, 1.165) is 35.6 Å². The molecule has 2 aromatic heterocycles. The molecule has 0 atom stereocenters. The van der Waals surface area contributed by atoms with E-state index >= 15 is 0 Å². The molecule has 9 nitrogen and oxygen atoms in total. The van der Waals surface area contributed by atoms with Gasteiger partial charge in [-0.25, -0.2) is 9.78 Å². The molecule has 0 amide bonds. The third-order valence-electron chi connectivity index (χ3n) is 5.42. The summed E-state index contributed by atoms with van der Waals surface area (Å²) in [5.74, 6) is 1.08. The largest absolute Gasteiger partial charge is 0.492 e. The Labute approximate surface area is 193 Å².